The third-order valence-electron chi connectivity index (χ3n) is 4.20. The standard InChI is InChI=1S/C17H29N3O4/c1-6-7-8-17(19-11(2)21,14(22)20-16(3,4)5)12-9-13(10-12)18-15(23)24/h6,12-13,18H,1,7-10H2,2-5H3,(H,19,21)(H,20,22)(H,23,24)/t12-,13-,17-/m1/s1. The topological polar surface area (TPSA) is 108 Å². The summed E-state index contributed by atoms with van der Waals surface area (Å²) in [5.41, 5.74) is -1.48. The lowest BCUT2D eigenvalue weighted by atomic mass is 9.65. The average Bonchev–Trinajstić information content (AvgIpc) is 2.35. The Hall–Kier alpha value is -2.05. The number of carbonyl (C=O) groups is 3. The Labute approximate surface area is 143 Å². The second kappa shape index (κ2) is 7.68. The van der Waals surface area contributed by atoms with Crippen molar-refractivity contribution in [2.75, 3.05) is 0 Å². The summed E-state index contributed by atoms with van der Waals surface area (Å²) in [7, 11) is 0. The van der Waals surface area contributed by atoms with Crippen LogP contribution >= 0.6 is 0 Å². The minimum atomic E-state index is -1.08. The number of amides is 3. The van der Waals surface area contributed by atoms with Gasteiger partial charge in [-0.2, -0.15) is 0 Å². The predicted molar refractivity (Wildman–Crippen MR) is 91.5 cm³/mol. The largest absolute Gasteiger partial charge is 0.465 e. The van der Waals surface area contributed by atoms with E-state index in [9.17, 15) is 14.4 Å². The van der Waals surface area contributed by atoms with Crippen LogP contribution in [0.1, 0.15) is 53.4 Å². The fourth-order valence-corrected chi connectivity index (χ4v) is 3.13. The zero-order chi connectivity index (χ0) is 18.5. The summed E-state index contributed by atoms with van der Waals surface area (Å²) >= 11 is 0. The molecule has 0 bridgehead atoms. The van der Waals surface area contributed by atoms with Gasteiger partial charge in [-0.3, -0.25) is 9.59 Å². The Morgan fingerprint density at radius 2 is 1.79 bits per heavy atom. The first-order valence-electron chi connectivity index (χ1n) is 8.22. The molecule has 0 aromatic carbocycles. The van der Waals surface area contributed by atoms with Crippen molar-refractivity contribution in [2.45, 2.75) is 70.5 Å². The molecule has 0 aromatic rings. The molecule has 7 nitrogen and oxygen atoms in total. The van der Waals surface area contributed by atoms with Gasteiger partial charge >= 0.3 is 6.09 Å². The zero-order valence-electron chi connectivity index (χ0n) is 14.9. The maximum atomic E-state index is 13.0. The number of hydrogen-bond donors (Lipinski definition) is 4. The van der Waals surface area contributed by atoms with Gasteiger partial charge in [0.1, 0.15) is 5.54 Å². The molecule has 1 rings (SSSR count). The fraction of sp³-hybridized carbons (Fsp3) is 0.706. The maximum Gasteiger partial charge on any atom is 0.404 e. The summed E-state index contributed by atoms with van der Waals surface area (Å²) < 4.78 is 0. The van der Waals surface area contributed by atoms with Crippen LogP contribution in [0.5, 0.6) is 0 Å². The lowest BCUT2D eigenvalue weighted by Crippen LogP contribution is -2.68. The molecule has 1 aliphatic carbocycles. The summed E-state index contributed by atoms with van der Waals surface area (Å²) in [4.78, 5) is 35.5. The Balaban J connectivity index is 3.03. The number of allylic oxidation sites excluding steroid dienone is 1. The average molecular weight is 339 g/mol. The first kappa shape index (κ1) is 20.0. The summed E-state index contributed by atoms with van der Waals surface area (Å²) in [6, 6.07) is -0.188. The summed E-state index contributed by atoms with van der Waals surface area (Å²) in [5.74, 6) is -0.635. The molecule has 1 saturated carbocycles. The minimum absolute atomic E-state index is 0.124. The molecule has 136 valence electrons. The fourth-order valence-electron chi connectivity index (χ4n) is 3.13. The van der Waals surface area contributed by atoms with E-state index in [4.69, 9.17) is 5.11 Å². The quantitative estimate of drug-likeness (QED) is 0.530. The SMILES string of the molecule is C=CCC[C@](NC(C)=O)(C(=O)NC(C)(C)C)[C@H]1C[C@H](NC(=O)O)C1. The second-order valence-corrected chi connectivity index (χ2v) is 7.50. The molecule has 3 amide bonds. The van der Waals surface area contributed by atoms with Crippen molar-refractivity contribution in [1.29, 1.82) is 0 Å². The van der Waals surface area contributed by atoms with Crippen LogP contribution in [0.25, 0.3) is 0 Å². The molecule has 0 spiro atoms. The first-order chi connectivity index (χ1) is 11.0. The molecule has 0 unspecified atom stereocenters. The number of carbonyl (C=O) groups excluding carboxylic acids is 2. The molecule has 0 aliphatic heterocycles. The Kier molecular flexibility index (Phi) is 6.40. The molecule has 0 aromatic heterocycles. The molecular weight excluding hydrogens is 310 g/mol. The molecule has 7 heteroatoms. The van der Waals surface area contributed by atoms with Crippen molar-refractivity contribution in [3.05, 3.63) is 12.7 Å². The van der Waals surface area contributed by atoms with Crippen LogP contribution in [0, 0.1) is 5.92 Å². The van der Waals surface area contributed by atoms with Crippen molar-refractivity contribution >= 4 is 17.9 Å². The van der Waals surface area contributed by atoms with E-state index < -0.39 is 17.2 Å². The van der Waals surface area contributed by atoms with E-state index in [1.54, 1.807) is 6.08 Å². The Morgan fingerprint density at radius 3 is 2.21 bits per heavy atom. The molecular formula is C17H29N3O4. The Bertz CT molecular complexity index is 506. The third-order valence-corrected chi connectivity index (χ3v) is 4.20. The predicted octanol–water partition coefficient (Wildman–Crippen LogP) is 1.79. The van der Waals surface area contributed by atoms with Gasteiger partial charge < -0.3 is 21.1 Å². The molecule has 4 N–H and O–H groups in total. The third kappa shape index (κ3) is 5.25. The first-order valence-corrected chi connectivity index (χ1v) is 8.22. The van der Waals surface area contributed by atoms with E-state index in [1.807, 2.05) is 20.8 Å². The monoisotopic (exact) mass is 339 g/mol. The van der Waals surface area contributed by atoms with E-state index >= 15 is 0 Å². The van der Waals surface area contributed by atoms with Crippen molar-refractivity contribution < 1.29 is 19.5 Å². The van der Waals surface area contributed by atoms with E-state index in [-0.39, 0.29) is 23.8 Å². The van der Waals surface area contributed by atoms with Gasteiger partial charge in [-0.1, -0.05) is 6.08 Å². The van der Waals surface area contributed by atoms with Crippen LogP contribution in [0.3, 0.4) is 0 Å². The van der Waals surface area contributed by atoms with Gasteiger partial charge in [0.25, 0.3) is 0 Å². The van der Waals surface area contributed by atoms with Crippen LogP contribution < -0.4 is 16.0 Å². The summed E-state index contributed by atoms with van der Waals surface area (Å²) in [6.07, 6.45) is 2.68. The molecule has 0 saturated heterocycles. The molecule has 24 heavy (non-hydrogen) atoms. The second-order valence-electron chi connectivity index (χ2n) is 7.50. The minimum Gasteiger partial charge on any atom is -0.465 e. The van der Waals surface area contributed by atoms with Crippen LogP contribution in [-0.4, -0.2) is 40.1 Å². The van der Waals surface area contributed by atoms with Crippen LogP contribution in [0.2, 0.25) is 0 Å². The van der Waals surface area contributed by atoms with E-state index in [1.165, 1.54) is 6.92 Å². The van der Waals surface area contributed by atoms with Crippen LogP contribution in [0.4, 0.5) is 4.79 Å². The number of rotatable bonds is 7. The Morgan fingerprint density at radius 1 is 1.21 bits per heavy atom. The summed E-state index contributed by atoms with van der Waals surface area (Å²) in [5, 5.41) is 17.1. The van der Waals surface area contributed by atoms with E-state index in [0.29, 0.717) is 25.7 Å². The van der Waals surface area contributed by atoms with Crippen LogP contribution in [-0.2, 0) is 9.59 Å². The van der Waals surface area contributed by atoms with E-state index in [0.717, 1.165) is 0 Å². The van der Waals surface area contributed by atoms with Crippen molar-refractivity contribution in [3.63, 3.8) is 0 Å². The van der Waals surface area contributed by atoms with Crippen molar-refractivity contribution in [1.82, 2.24) is 16.0 Å². The summed E-state index contributed by atoms with van der Waals surface area (Å²) in [6.45, 7) is 10.7. The molecule has 0 radical (unpaired) electrons. The van der Waals surface area contributed by atoms with Gasteiger partial charge in [0.15, 0.2) is 0 Å². The number of nitrogens with one attached hydrogen (secondary N) is 3. The molecule has 0 heterocycles. The van der Waals surface area contributed by atoms with Gasteiger partial charge in [-0.25, -0.2) is 4.79 Å². The molecule has 1 fully saturated rings. The van der Waals surface area contributed by atoms with Gasteiger partial charge in [0.05, 0.1) is 0 Å². The van der Waals surface area contributed by atoms with Crippen LogP contribution in [0.15, 0.2) is 12.7 Å². The van der Waals surface area contributed by atoms with Gasteiger partial charge in [-0.15, -0.1) is 6.58 Å². The van der Waals surface area contributed by atoms with Gasteiger partial charge in [0, 0.05) is 18.5 Å². The lowest BCUT2D eigenvalue weighted by molar-refractivity contribution is -0.139. The van der Waals surface area contributed by atoms with Crippen molar-refractivity contribution in [2.24, 2.45) is 5.92 Å². The van der Waals surface area contributed by atoms with Gasteiger partial charge in [-0.05, 0) is 52.4 Å². The highest BCUT2D eigenvalue weighted by atomic mass is 16.4. The maximum absolute atomic E-state index is 13.0. The normalized spacial score (nSPS) is 22.5. The van der Waals surface area contributed by atoms with Gasteiger partial charge in [0.2, 0.25) is 11.8 Å². The molecule has 1 atom stereocenters. The zero-order valence-corrected chi connectivity index (χ0v) is 14.9. The highest BCUT2D eigenvalue weighted by molar-refractivity contribution is 5.92. The number of carboxylic acid groups (broad SMARTS) is 1. The smallest absolute Gasteiger partial charge is 0.404 e. The highest BCUT2D eigenvalue weighted by Gasteiger charge is 2.51. The molecule has 1 aliphatic rings. The number of hydrogen-bond acceptors (Lipinski definition) is 3. The van der Waals surface area contributed by atoms with Crippen molar-refractivity contribution in [3.8, 4) is 0 Å². The van der Waals surface area contributed by atoms with E-state index in [2.05, 4.69) is 22.5 Å². The highest BCUT2D eigenvalue weighted by Crippen LogP contribution is 2.40. The lowest BCUT2D eigenvalue weighted by Gasteiger charge is -2.48.